The van der Waals surface area contributed by atoms with Gasteiger partial charge in [0.1, 0.15) is 11.6 Å². The van der Waals surface area contributed by atoms with E-state index in [1.54, 1.807) is 12.1 Å². The van der Waals surface area contributed by atoms with Crippen molar-refractivity contribution in [2.75, 3.05) is 0 Å². The van der Waals surface area contributed by atoms with Crippen molar-refractivity contribution in [1.29, 1.82) is 0 Å². The first-order chi connectivity index (χ1) is 9.95. The Labute approximate surface area is 127 Å². The lowest BCUT2D eigenvalue weighted by molar-refractivity contribution is -0.131. The summed E-state index contributed by atoms with van der Waals surface area (Å²) in [6, 6.07) is 7.64. The average Bonchev–Trinajstić information content (AvgIpc) is 2.43. The molecule has 0 radical (unpaired) electrons. The quantitative estimate of drug-likeness (QED) is 0.815. The van der Waals surface area contributed by atoms with E-state index in [1.165, 1.54) is 12.1 Å². The van der Waals surface area contributed by atoms with Crippen LogP contribution in [0.25, 0.3) is 6.08 Å². The SMILES string of the molecule is O=C(O)/C=C/c1ccc(Oc2cc(F)ccc2F)c(Br)c1. The second-order valence-electron chi connectivity index (χ2n) is 4.04. The van der Waals surface area contributed by atoms with Crippen LogP contribution in [0.4, 0.5) is 8.78 Å². The third-order valence-electron chi connectivity index (χ3n) is 2.49. The van der Waals surface area contributed by atoms with E-state index in [0.717, 1.165) is 24.3 Å². The molecule has 0 atom stereocenters. The van der Waals surface area contributed by atoms with Crippen LogP contribution in [0.15, 0.2) is 46.9 Å². The molecule has 0 unspecified atom stereocenters. The second-order valence-corrected chi connectivity index (χ2v) is 4.89. The van der Waals surface area contributed by atoms with Crippen LogP contribution >= 0.6 is 15.9 Å². The molecule has 108 valence electrons. The highest BCUT2D eigenvalue weighted by atomic mass is 79.9. The lowest BCUT2D eigenvalue weighted by Gasteiger charge is -2.09. The van der Waals surface area contributed by atoms with Gasteiger partial charge in [-0.1, -0.05) is 6.07 Å². The van der Waals surface area contributed by atoms with Crippen LogP contribution in [0.1, 0.15) is 5.56 Å². The number of carboxylic acid groups (broad SMARTS) is 1. The summed E-state index contributed by atoms with van der Waals surface area (Å²) in [5, 5.41) is 8.55. The van der Waals surface area contributed by atoms with Crippen LogP contribution in [0.5, 0.6) is 11.5 Å². The van der Waals surface area contributed by atoms with E-state index in [4.69, 9.17) is 9.84 Å². The topological polar surface area (TPSA) is 46.5 Å². The summed E-state index contributed by atoms with van der Waals surface area (Å²) in [7, 11) is 0. The Kier molecular flexibility index (Phi) is 4.70. The van der Waals surface area contributed by atoms with E-state index < -0.39 is 17.6 Å². The molecule has 2 rings (SSSR count). The molecule has 0 aliphatic carbocycles. The predicted octanol–water partition coefficient (Wildman–Crippen LogP) is 4.62. The van der Waals surface area contributed by atoms with E-state index >= 15 is 0 Å². The van der Waals surface area contributed by atoms with Gasteiger partial charge in [0, 0.05) is 12.1 Å². The number of halogens is 3. The van der Waals surface area contributed by atoms with Gasteiger partial charge in [-0.15, -0.1) is 0 Å². The highest BCUT2D eigenvalue weighted by Gasteiger charge is 2.09. The average molecular weight is 355 g/mol. The molecule has 0 saturated heterocycles. The molecule has 0 aromatic heterocycles. The smallest absolute Gasteiger partial charge is 0.328 e. The summed E-state index contributed by atoms with van der Waals surface area (Å²) in [5.41, 5.74) is 0.622. The molecule has 6 heteroatoms. The van der Waals surface area contributed by atoms with Crippen molar-refractivity contribution < 1.29 is 23.4 Å². The van der Waals surface area contributed by atoms with Gasteiger partial charge in [-0.2, -0.15) is 0 Å². The fourth-order valence-corrected chi connectivity index (χ4v) is 2.02. The molecule has 21 heavy (non-hydrogen) atoms. The van der Waals surface area contributed by atoms with Crippen LogP contribution in [-0.4, -0.2) is 11.1 Å². The van der Waals surface area contributed by atoms with Gasteiger partial charge in [0.2, 0.25) is 0 Å². The summed E-state index contributed by atoms with van der Waals surface area (Å²) in [5.74, 6) is -2.30. The summed E-state index contributed by atoms with van der Waals surface area (Å²) < 4.78 is 32.3. The van der Waals surface area contributed by atoms with Gasteiger partial charge in [0.15, 0.2) is 11.6 Å². The second kappa shape index (κ2) is 6.49. The molecule has 2 aromatic carbocycles. The van der Waals surface area contributed by atoms with E-state index in [2.05, 4.69) is 15.9 Å². The molecule has 0 heterocycles. The van der Waals surface area contributed by atoms with Gasteiger partial charge in [0.25, 0.3) is 0 Å². The molecule has 0 saturated carbocycles. The Balaban J connectivity index is 2.25. The van der Waals surface area contributed by atoms with Gasteiger partial charge in [-0.25, -0.2) is 13.6 Å². The number of rotatable bonds is 4. The number of aliphatic carboxylic acids is 1. The number of hydrogen-bond donors (Lipinski definition) is 1. The maximum atomic E-state index is 13.5. The summed E-state index contributed by atoms with van der Waals surface area (Å²) >= 11 is 3.23. The summed E-state index contributed by atoms with van der Waals surface area (Å²) in [6.45, 7) is 0. The summed E-state index contributed by atoms with van der Waals surface area (Å²) in [6.07, 6.45) is 2.40. The van der Waals surface area contributed by atoms with Crippen LogP contribution < -0.4 is 4.74 Å². The van der Waals surface area contributed by atoms with Gasteiger partial charge in [0.05, 0.1) is 4.47 Å². The fourth-order valence-electron chi connectivity index (χ4n) is 1.54. The van der Waals surface area contributed by atoms with Crippen molar-refractivity contribution in [2.24, 2.45) is 0 Å². The minimum Gasteiger partial charge on any atom is -0.478 e. The van der Waals surface area contributed by atoms with Crippen LogP contribution in [0.2, 0.25) is 0 Å². The zero-order valence-corrected chi connectivity index (χ0v) is 12.1. The first-order valence-electron chi connectivity index (χ1n) is 5.79. The standard InChI is InChI=1S/C15H9BrF2O3/c16-11-7-9(2-6-15(19)20)1-5-13(11)21-14-8-10(17)3-4-12(14)18/h1-8H,(H,19,20)/b6-2+. The maximum absolute atomic E-state index is 13.5. The van der Waals surface area contributed by atoms with Crippen molar-refractivity contribution in [1.82, 2.24) is 0 Å². The zero-order chi connectivity index (χ0) is 15.4. The highest BCUT2D eigenvalue weighted by molar-refractivity contribution is 9.10. The number of ether oxygens (including phenoxy) is 1. The molecule has 2 aromatic rings. The van der Waals surface area contributed by atoms with Crippen molar-refractivity contribution >= 4 is 28.0 Å². The van der Waals surface area contributed by atoms with E-state index in [9.17, 15) is 13.6 Å². The third-order valence-corrected chi connectivity index (χ3v) is 3.11. The molecule has 3 nitrogen and oxygen atoms in total. The molecule has 0 aliphatic heterocycles. The molecule has 0 aliphatic rings. The lowest BCUT2D eigenvalue weighted by Crippen LogP contribution is -1.91. The number of benzene rings is 2. The Bertz CT molecular complexity index is 714. The first-order valence-corrected chi connectivity index (χ1v) is 6.58. The minimum absolute atomic E-state index is 0.232. The third kappa shape index (κ3) is 4.13. The normalized spacial score (nSPS) is 10.8. The van der Waals surface area contributed by atoms with Gasteiger partial charge < -0.3 is 9.84 Å². The van der Waals surface area contributed by atoms with Crippen molar-refractivity contribution in [3.63, 3.8) is 0 Å². The van der Waals surface area contributed by atoms with Gasteiger partial charge >= 0.3 is 5.97 Å². The van der Waals surface area contributed by atoms with Crippen LogP contribution in [0.3, 0.4) is 0 Å². The fraction of sp³-hybridized carbons (Fsp3) is 0. The van der Waals surface area contributed by atoms with Crippen LogP contribution in [0, 0.1) is 11.6 Å². The van der Waals surface area contributed by atoms with E-state index in [-0.39, 0.29) is 11.5 Å². The van der Waals surface area contributed by atoms with Crippen molar-refractivity contribution in [2.45, 2.75) is 0 Å². The minimum atomic E-state index is -1.06. The monoisotopic (exact) mass is 354 g/mol. The number of carbonyl (C=O) groups is 1. The lowest BCUT2D eigenvalue weighted by atomic mass is 10.2. The van der Waals surface area contributed by atoms with Gasteiger partial charge in [-0.05, 0) is 51.8 Å². The number of hydrogen-bond acceptors (Lipinski definition) is 2. The van der Waals surface area contributed by atoms with E-state index in [1.807, 2.05) is 0 Å². The predicted molar refractivity (Wildman–Crippen MR) is 77.2 cm³/mol. The highest BCUT2D eigenvalue weighted by Crippen LogP contribution is 2.32. The summed E-state index contributed by atoms with van der Waals surface area (Å²) in [4.78, 5) is 10.4. The Morgan fingerprint density at radius 1 is 1.14 bits per heavy atom. The Morgan fingerprint density at radius 3 is 2.57 bits per heavy atom. The molecular weight excluding hydrogens is 346 g/mol. The van der Waals surface area contributed by atoms with Gasteiger partial charge in [-0.3, -0.25) is 0 Å². The largest absolute Gasteiger partial charge is 0.478 e. The molecular formula is C15H9BrF2O3. The Morgan fingerprint density at radius 2 is 1.90 bits per heavy atom. The molecule has 0 amide bonds. The zero-order valence-electron chi connectivity index (χ0n) is 10.5. The van der Waals surface area contributed by atoms with E-state index in [0.29, 0.717) is 10.0 Å². The first kappa shape index (κ1) is 15.2. The molecule has 1 N–H and O–H groups in total. The maximum Gasteiger partial charge on any atom is 0.328 e. The molecule has 0 spiro atoms. The number of carboxylic acids is 1. The molecule has 0 fully saturated rings. The van der Waals surface area contributed by atoms with Crippen molar-refractivity contribution in [3.8, 4) is 11.5 Å². The molecule has 0 bridgehead atoms. The van der Waals surface area contributed by atoms with Crippen LogP contribution in [-0.2, 0) is 4.79 Å². The Hall–Kier alpha value is -2.21. The van der Waals surface area contributed by atoms with Crippen molar-refractivity contribution in [3.05, 3.63) is 64.1 Å².